The quantitative estimate of drug-likeness (QED) is 0.754. The lowest BCUT2D eigenvalue weighted by Crippen LogP contribution is -2.40. The third-order valence-electron chi connectivity index (χ3n) is 2.51. The molecular formula is C11H16Cl2N2O2. The molecule has 0 bridgehead atoms. The zero-order valence-electron chi connectivity index (χ0n) is 9.62. The fraction of sp³-hybridized carbons (Fsp3) is 0.636. The highest BCUT2D eigenvalue weighted by Gasteiger charge is 2.35. The summed E-state index contributed by atoms with van der Waals surface area (Å²) in [6.45, 7) is 1.86. The molecule has 1 aliphatic heterocycles. The lowest BCUT2D eigenvalue weighted by molar-refractivity contribution is -0.122. The van der Waals surface area contributed by atoms with Crippen LogP contribution in [0.2, 0.25) is 0 Å². The van der Waals surface area contributed by atoms with Gasteiger partial charge in [0.15, 0.2) is 0 Å². The van der Waals surface area contributed by atoms with E-state index in [2.05, 4.69) is 10.3 Å². The summed E-state index contributed by atoms with van der Waals surface area (Å²) in [6, 6.07) is -0.0809. The molecule has 17 heavy (non-hydrogen) atoms. The fourth-order valence-electron chi connectivity index (χ4n) is 1.55. The monoisotopic (exact) mass is 278 g/mol. The average molecular weight is 279 g/mol. The maximum atomic E-state index is 11.7. The third-order valence-corrected chi connectivity index (χ3v) is 3.54. The smallest absolute Gasteiger partial charge is 0.222 e. The fourth-order valence-corrected chi connectivity index (χ4v) is 2.01. The van der Waals surface area contributed by atoms with Crippen molar-refractivity contribution in [3.8, 4) is 0 Å². The second kappa shape index (κ2) is 6.38. The van der Waals surface area contributed by atoms with Gasteiger partial charge in [0.2, 0.25) is 5.91 Å². The summed E-state index contributed by atoms with van der Waals surface area (Å²) in [6.07, 6.45) is 4.44. The van der Waals surface area contributed by atoms with Crippen molar-refractivity contribution in [3.05, 3.63) is 12.3 Å². The Kier molecular flexibility index (Phi) is 5.43. The highest BCUT2D eigenvalue weighted by Crippen LogP contribution is 2.31. The summed E-state index contributed by atoms with van der Waals surface area (Å²) in [7, 11) is 0. The van der Waals surface area contributed by atoms with Gasteiger partial charge >= 0.3 is 0 Å². The highest BCUT2D eigenvalue weighted by atomic mass is 35.5. The Morgan fingerprint density at radius 2 is 2.47 bits per heavy atom. The van der Waals surface area contributed by atoms with Crippen LogP contribution in [0.15, 0.2) is 17.3 Å². The Balaban J connectivity index is 2.51. The van der Waals surface area contributed by atoms with Crippen molar-refractivity contribution in [2.45, 2.75) is 37.1 Å². The molecule has 0 aromatic rings. The van der Waals surface area contributed by atoms with Crippen molar-refractivity contribution in [2.24, 2.45) is 4.99 Å². The van der Waals surface area contributed by atoms with Crippen LogP contribution in [0.5, 0.6) is 0 Å². The second-order valence-corrected chi connectivity index (χ2v) is 5.21. The maximum Gasteiger partial charge on any atom is 0.222 e. The molecule has 6 heteroatoms. The van der Waals surface area contributed by atoms with E-state index in [1.54, 1.807) is 12.3 Å². The Hall–Kier alpha value is -0.580. The van der Waals surface area contributed by atoms with E-state index in [1.807, 2.05) is 6.92 Å². The van der Waals surface area contributed by atoms with Gasteiger partial charge in [-0.15, -0.1) is 11.6 Å². The molecule has 0 saturated heterocycles. The van der Waals surface area contributed by atoms with Crippen molar-refractivity contribution >= 4 is 34.3 Å². The van der Waals surface area contributed by atoms with Gasteiger partial charge < -0.3 is 10.4 Å². The molecule has 1 aliphatic rings. The van der Waals surface area contributed by atoms with E-state index in [0.717, 1.165) is 0 Å². The second-order valence-electron chi connectivity index (χ2n) is 4.13. The number of halogens is 2. The van der Waals surface area contributed by atoms with Crippen LogP contribution in [-0.2, 0) is 4.79 Å². The molecule has 2 unspecified atom stereocenters. The van der Waals surface area contributed by atoms with Crippen LogP contribution in [0.1, 0.15) is 26.2 Å². The maximum absolute atomic E-state index is 11.7. The zero-order valence-corrected chi connectivity index (χ0v) is 11.1. The number of carbonyl (C=O) groups is 1. The highest BCUT2D eigenvalue weighted by molar-refractivity contribution is 6.72. The zero-order chi connectivity index (χ0) is 12.9. The summed E-state index contributed by atoms with van der Waals surface area (Å²) in [5, 5.41) is 11.7. The summed E-state index contributed by atoms with van der Waals surface area (Å²) in [4.78, 5) is 14.7. The van der Waals surface area contributed by atoms with Crippen LogP contribution in [0, 0.1) is 0 Å². The molecule has 0 fully saturated rings. The molecular weight excluding hydrogens is 263 g/mol. The first-order chi connectivity index (χ1) is 7.98. The van der Waals surface area contributed by atoms with Crippen LogP contribution >= 0.6 is 23.2 Å². The number of aliphatic hydroxyl groups excluding tert-OH is 1. The summed E-state index contributed by atoms with van der Waals surface area (Å²) < 4.78 is 0. The topological polar surface area (TPSA) is 61.7 Å². The lowest BCUT2D eigenvalue weighted by atomic mass is 9.99. The number of nitrogens with one attached hydrogen (secondary N) is 1. The largest absolute Gasteiger partial charge is 0.396 e. The average Bonchev–Trinajstić information content (AvgIpc) is 2.22. The van der Waals surface area contributed by atoms with E-state index >= 15 is 0 Å². The normalized spacial score (nSPS) is 25.3. The van der Waals surface area contributed by atoms with Crippen molar-refractivity contribution < 1.29 is 9.90 Å². The molecule has 1 heterocycles. The van der Waals surface area contributed by atoms with E-state index in [4.69, 9.17) is 28.3 Å². The van der Waals surface area contributed by atoms with Gasteiger partial charge in [0.1, 0.15) is 10.0 Å². The number of hydrogen-bond acceptors (Lipinski definition) is 3. The van der Waals surface area contributed by atoms with Crippen LogP contribution in [0.25, 0.3) is 0 Å². The summed E-state index contributed by atoms with van der Waals surface area (Å²) in [5.41, 5.74) is 0. The molecule has 0 aliphatic carbocycles. The van der Waals surface area contributed by atoms with Crippen molar-refractivity contribution in [1.82, 2.24) is 5.32 Å². The minimum absolute atomic E-state index is 0.0401. The number of hydrogen-bond donors (Lipinski definition) is 2. The number of aliphatic imine (C=N–C) groups is 1. The number of carbonyl (C=O) groups excluding carboxylic acids is 1. The minimum Gasteiger partial charge on any atom is -0.396 e. The molecule has 0 aromatic carbocycles. The molecule has 0 spiro atoms. The molecule has 0 aromatic heterocycles. The van der Waals surface area contributed by atoms with Gasteiger partial charge in [-0.1, -0.05) is 17.7 Å². The van der Waals surface area contributed by atoms with E-state index in [9.17, 15) is 4.79 Å². The number of aliphatic hydroxyl groups is 1. The van der Waals surface area contributed by atoms with Crippen molar-refractivity contribution in [3.63, 3.8) is 0 Å². The van der Waals surface area contributed by atoms with Gasteiger partial charge in [-0.05, 0) is 19.8 Å². The Morgan fingerprint density at radius 1 is 1.76 bits per heavy atom. The van der Waals surface area contributed by atoms with Gasteiger partial charge in [0, 0.05) is 18.8 Å². The lowest BCUT2D eigenvalue weighted by Gasteiger charge is -2.26. The SMILES string of the molecule is CC(CCO)NC(=O)CC1(Cl)CC=CN=C1Cl. The van der Waals surface area contributed by atoms with Crippen molar-refractivity contribution in [1.29, 1.82) is 0 Å². The molecule has 0 saturated carbocycles. The summed E-state index contributed by atoms with van der Waals surface area (Å²) >= 11 is 12.2. The molecule has 1 amide bonds. The van der Waals surface area contributed by atoms with Gasteiger partial charge in [-0.25, -0.2) is 4.99 Å². The number of rotatable bonds is 5. The molecule has 1 rings (SSSR count). The van der Waals surface area contributed by atoms with E-state index in [1.165, 1.54) is 0 Å². The van der Waals surface area contributed by atoms with Gasteiger partial charge in [-0.2, -0.15) is 0 Å². The van der Waals surface area contributed by atoms with E-state index in [0.29, 0.717) is 12.8 Å². The van der Waals surface area contributed by atoms with Crippen LogP contribution < -0.4 is 5.32 Å². The standard InChI is InChI=1S/C11H16Cl2N2O2/c1-8(3-6-16)15-9(17)7-11(13)4-2-5-14-10(11)12/h2,5,8,16H,3-4,6-7H2,1H3,(H,15,17). The summed E-state index contributed by atoms with van der Waals surface area (Å²) in [5.74, 6) is -0.190. The Morgan fingerprint density at radius 3 is 3.06 bits per heavy atom. The number of nitrogens with zero attached hydrogens (tertiary/aromatic N) is 1. The third kappa shape index (κ3) is 4.30. The molecule has 2 atom stereocenters. The first kappa shape index (κ1) is 14.5. The van der Waals surface area contributed by atoms with Gasteiger partial charge in [0.25, 0.3) is 0 Å². The first-order valence-electron chi connectivity index (χ1n) is 5.46. The number of allylic oxidation sites excluding steroid dienone is 1. The predicted octanol–water partition coefficient (Wildman–Crippen LogP) is 1.80. The van der Waals surface area contributed by atoms with E-state index < -0.39 is 4.87 Å². The van der Waals surface area contributed by atoms with Crippen LogP contribution in [0.4, 0.5) is 0 Å². The predicted molar refractivity (Wildman–Crippen MR) is 69.6 cm³/mol. The minimum atomic E-state index is -0.931. The van der Waals surface area contributed by atoms with Crippen LogP contribution in [-0.4, -0.2) is 33.7 Å². The Labute approximate surface area is 111 Å². The van der Waals surface area contributed by atoms with Crippen molar-refractivity contribution in [2.75, 3.05) is 6.61 Å². The molecule has 0 radical (unpaired) electrons. The van der Waals surface area contributed by atoms with Gasteiger partial charge in [0.05, 0.1) is 6.42 Å². The van der Waals surface area contributed by atoms with E-state index in [-0.39, 0.29) is 30.1 Å². The van der Waals surface area contributed by atoms with Gasteiger partial charge in [-0.3, -0.25) is 4.79 Å². The Bertz CT molecular complexity index is 344. The van der Waals surface area contributed by atoms with Crippen LogP contribution in [0.3, 0.4) is 0 Å². The number of alkyl halides is 1. The molecule has 2 N–H and O–H groups in total. The number of amides is 1. The first-order valence-corrected chi connectivity index (χ1v) is 6.21. The molecule has 96 valence electrons. The molecule has 4 nitrogen and oxygen atoms in total.